The smallest absolute Gasteiger partial charge is 0.211 e. The molecule has 10 heteroatoms. The molecule has 1 unspecified atom stereocenters. The molecule has 0 aliphatic rings. The van der Waals surface area contributed by atoms with Crippen LogP contribution in [0.25, 0.3) is 10.9 Å². The fraction of sp³-hybridized carbons (Fsp3) is 0.296. The first-order chi connectivity index (χ1) is 17.4. The lowest BCUT2D eigenvalue weighted by Crippen LogP contribution is -2.16. The van der Waals surface area contributed by atoms with Crippen molar-refractivity contribution >= 4 is 34.3 Å². The molecule has 3 N–H and O–H groups in total. The molecule has 3 rings (SSSR count). The number of carbonyl (C=O) groups excluding carboxylic acids is 1. The molecule has 0 spiro atoms. The summed E-state index contributed by atoms with van der Waals surface area (Å²) in [7, 11) is -1.16. The summed E-state index contributed by atoms with van der Waals surface area (Å²) in [6.07, 6.45) is 6.80. The lowest BCUT2D eigenvalue weighted by Gasteiger charge is -2.14. The minimum absolute atomic E-state index is 0.0492. The summed E-state index contributed by atoms with van der Waals surface area (Å²) in [5.41, 5.74) is 6.51. The van der Waals surface area contributed by atoms with Crippen molar-refractivity contribution in [2.24, 2.45) is 10.7 Å². The van der Waals surface area contributed by atoms with Gasteiger partial charge in [-0.1, -0.05) is 6.92 Å². The predicted octanol–water partition coefficient (Wildman–Crippen LogP) is 5.32. The van der Waals surface area contributed by atoms with Crippen molar-refractivity contribution < 1.29 is 22.5 Å². The van der Waals surface area contributed by atoms with Gasteiger partial charge in [-0.05, 0) is 58.4 Å². The van der Waals surface area contributed by atoms with Crippen LogP contribution in [0.3, 0.4) is 0 Å². The van der Waals surface area contributed by atoms with Gasteiger partial charge in [-0.25, -0.2) is 8.78 Å². The number of aliphatic imine (C=N–C) groups is 1. The fourth-order valence-electron chi connectivity index (χ4n) is 3.13. The molecule has 0 fully saturated rings. The Labute approximate surface area is 218 Å². The third kappa shape index (κ3) is 8.18. The average molecular weight is 531 g/mol. The fourth-order valence-corrected chi connectivity index (χ4v) is 3.67. The minimum atomic E-state index is -1.16. The van der Waals surface area contributed by atoms with Crippen molar-refractivity contribution in [1.82, 2.24) is 10.3 Å². The van der Waals surface area contributed by atoms with Crippen molar-refractivity contribution in [3.8, 4) is 11.5 Å². The number of nitrogens with two attached hydrogens (primary N) is 1. The maximum Gasteiger partial charge on any atom is 0.211 e. The summed E-state index contributed by atoms with van der Waals surface area (Å²) >= 11 is 0. The molecule has 1 amide bonds. The van der Waals surface area contributed by atoms with Crippen LogP contribution < -0.4 is 15.8 Å². The van der Waals surface area contributed by atoms with Gasteiger partial charge in [0.05, 0.1) is 16.8 Å². The molecule has 0 saturated carbocycles. The molecule has 1 heterocycles. The first kappa shape index (κ1) is 29.6. The topological polar surface area (TPSA) is 107 Å². The SMILES string of the molecule is CC(C)(C)N=C/C(=C\N)NC=O.CCc1c(F)cc(Oc2ccnc3ccc(S(C)=O)cc23)c(C)c1F. The summed E-state index contributed by atoms with van der Waals surface area (Å²) in [4.78, 5) is 19.0. The van der Waals surface area contributed by atoms with Crippen LogP contribution in [0.5, 0.6) is 11.5 Å². The van der Waals surface area contributed by atoms with E-state index in [0.29, 0.717) is 33.7 Å². The van der Waals surface area contributed by atoms with Crippen LogP contribution >= 0.6 is 0 Å². The molecule has 7 nitrogen and oxygen atoms in total. The number of fused-ring (bicyclic) bond motifs is 1. The highest BCUT2D eigenvalue weighted by molar-refractivity contribution is 7.84. The van der Waals surface area contributed by atoms with Gasteiger partial charge in [0.15, 0.2) is 0 Å². The zero-order valence-electron chi connectivity index (χ0n) is 21.8. The van der Waals surface area contributed by atoms with E-state index in [1.165, 1.54) is 18.5 Å². The molecule has 0 radical (unpaired) electrons. The van der Waals surface area contributed by atoms with E-state index in [1.54, 1.807) is 50.6 Å². The Hall–Kier alpha value is -3.66. The summed E-state index contributed by atoms with van der Waals surface area (Å²) < 4.78 is 46.0. The second-order valence-corrected chi connectivity index (χ2v) is 10.4. The van der Waals surface area contributed by atoms with Crippen molar-refractivity contribution in [1.29, 1.82) is 0 Å². The molecule has 198 valence electrons. The molecule has 0 aliphatic heterocycles. The molecular weight excluding hydrogens is 498 g/mol. The normalized spacial score (nSPS) is 12.7. The Morgan fingerprint density at radius 3 is 2.49 bits per heavy atom. The van der Waals surface area contributed by atoms with Gasteiger partial charge in [-0.3, -0.25) is 19.0 Å². The van der Waals surface area contributed by atoms with Crippen LogP contribution in [-0.2, 0) is 22.0 Å². The number of halogens is 2. The van der Waals surface area contributed by atoms with Gasteiger partial charge in [0, 0.05) is 63.1 Å². The van der Waals surface area contributed by atoms with Crippen molar-refractivity contribution in [2.45, 2.75) is 51.5 Å². The van der Waals surface area contributed by atoms with E-state index in [9.17, 15) is 17.8 Å². The summed E-state index contributed by atoms with van der Waals surface area (Å²) in [6.45, 7) is 9.12. The van der Waals surface area contributed by atoms with Crippen LogP contribution in [0.15, 0.2) is 58.3 Å². The molecule has 0 bridgehead atoms. The molecule has 0 aliphatic carbocycles. The van der Waals surface area contributed by atoms with Crippen LogP contribution in [0.2, 0.25) is 0 Å². The van der Waals surface area contributed by atoms with Crippen molar-refractivity contribution in [2.75, 3.05) is 6.26 Å². The van der Waals surface area contributed by atoms with Gasteiger partial charge < -0.3 is 15.8 Å². The van der Waals surface area contributed by atoms with Gasteiger partial charge >= 0.3 is 0 Å². The third-order valence-electron chi connectivity index (χ3n) is 5.08. The van der Waals surface area contributed by atoms with E-state index in [0.717, 1.165) is 0 Å². The van der Waals surface area contributed by atoms with Crippen LogP contribution in [0.1, 0.15) is 38.8 Å². The number of rotatable bonds is 7. The Kier molecular flexibility index (Phi) is 10.4. The maximum atomic E-state index is 14.3. The zero-order valence-corrected chi connectivity index (χ0v) is 22.6. The number of benzene rings is 2. The molecule has 3 aromatic rings. The standard InChI is InChI=1S/C19H17F2NO2S.C8H15N3O/c1-4-13-15(20)10-18(11(2)19(13)21)24-17-7-8-22-16-6-5-12(25(3)23)9-14(16)17;1-8(2,3)11-5-7(4-9)10-6-12/h5-10H,4H2,1-3H3;4-6H,9H2,1-3H3,(H,10,12)/b;7-4+,11-5?. The highest BCUT2D eigenvalue weighted by Gasteiger charge is 2.17. The molecule has 0 saturated heterocycles. The highest BCUT2D eigenvalue weighted by Crippen LogP contribution is 2.34. The van der Waals surface area contributed by atoms with Crippen molar-refractivity contribution in [3.05, 3.63) is 71.2 Å². The van der Waals surface area contributed by atoms with E-state index in [1.807, 2.05) is 20.8 Å². The minimum Gasteiger partial charge on any atom is -0.456 e. The van der Waals surface area contributed by atoms with Gasteiger partial charge in [-0.2, -0.15) is 0 Å². The van der Waals surface area contributed by atoms with E-state index >= 15 is 0 Å². The van der Waals surface area contributed by atoms with Crippen molar-refractivity contribution in [3.63, 3.8) is 0 Å². The Bertz CT molecular complexity index is 1350. The average Bonchev–Trinajstić information content (AvgIpc) is 2.85. The van der Waals surface area contributed by atoms with E-state index in [4.69, 9.17) is 10.5 Å². The number of allylic oxidation sites excluding steroid dienone is 1. The molecule has 1 atom stereocenters. The number of hydrogen-bond donors (Lipinski definition) is 2. The Morgan fingerprint density at radius 1 is 1.22 bits per heavy atom. The largest absolute Gasteiger partial charge is 0.456 e. The Morgan fingerprint density at radius 2 is 1.92 bits per heavy atom. The number of pyridine rings is 1. The van der Waals surface area contributed by atoms with Crippen LogP contribution in [0.4, 0.5) is 8.78 Å². The zero-order chi connectivity index (χ0) is 27.8. The van der Waals surface area contributed by atoms with Crippen LogP contribution in [0, 0.1) is 18.6 Å². The molecule has 2 aromatic carbocycles. The van der Waals surface area contributed by atoms with E-state index in [-0.39, 0.29) is 28.8 Å². The first-order valence-electron chi connectivity index (χ1n) is 11.5. The summed E-state index contributed by atoms with van der Waals surface area (Å²) in [6, 6.07) is 8.01. The number of hydrogen-bond acceptors (Lipinski definition) is 6. The number of amides is 1. The second kappa shape index (κ2) is 13.0. The number of nitrogens with zero attached hydrogens (tertiary/aromatic N) is 2. The summed E-state index contributed by atoms with van der Waals surface area (Å²) in [5.74, 6) is -0.702. The number of ether oxygens (including phenoxy) is 1. The van der Waals surface area contributed by atoms with Crippen LogP contribution in [-0.4, -0.2) is 33.6 Å². The summed E-state index contributed by atoms with van der Waals surface area (Å²) in [5, 5.41) is 3.05. The van der Waals surface area contributed by atoms with Gasteiger partial charge in [-0.15, -0.1) is 0 Å². The number of aromatic nitrogens is 1. The lowest BCUT2D eigenvalue weighted by molar-refractivity contribution is -0.108. The molecule has 1 aromatic heterocycles. The van der Waals surface area contributed by atoms with E-state index in [2.05, 4.69) is 15.3 Å². The van der Waals surface area contributed by atoms with E-state index < -0.39 is 22.4 Å². The maximum absolute atomic E-state index is 14.3. The predicted molar refractivity (Wildman–Crippen MR) is 144 cm³/mol. The van der Waals surface area contributed by atoms with Gasteiger partial charge in [0.25, 0.3) is 0 Å². The number of nitrogens with one attached hydrogen (secondary N) is 1. The first-order valence-corrected chi connectivity index (χ1v) is 13.0. The quantitative estimate of drug-likeness (QED) is 0.318. The van der Waals surface area contributed by atoms with Gasteiger partial charge in [0.2, 0.25) is 6.41 Å². The Balaban J connectivity index is 0.000000341. The molecular formula is C27H32F2N4O3S. The second-order valence-electron chi connectivity index (χ2n) is 8.99. The third-order valence-corrected chi connectivity index (χ3v) is 6.00. The van der Waals surface area contributed by atoms with Gasteiger partial charge in [0.1, 0.15) is 23.1 Å². The lowest BCUT2D eigenvalue weighted by atomic mass is 10.1. The highest BCUT2D eigenvalue weighted by atomic mass is 32.2. The molecule has 37 heavy (non-hydrogen) atoms. The number of carbonyl (C=O) groups is 1. The monoisotopic (exact) mass is 530 g/mol.